The van der Waals surface area contributed by atoms with Crippen LogP contribution in [0.2, 0.25) is 0 Å². The lowest BCUT2D eigenvalue weighted by Gasteiger charge is -2.29. The van der Waals surface area contributed by atoms with Crippen molar-refractivity contribution in [2.24, 2.45) is 0 Å². The van der Waals surface area contributed by atoms with Gasteiger partial charge in [-0.1, -0.05) is 72.8 Å². The van der Waals surface area contributed by atoms with Crippen LogP contribution in [0.3, 0.4) is 0 Å². The van der Waals surface area contributed by atoms with Crippen LogP contribution >= 0.6 is 0 Å². The number of carbonyl (C=O) groups excluding carboxylic acids is 1. The zero-order valence-corrected chi connectivity index (χ0v) is 38.8. The topological polar surface area (TPSA) is 60.5 Å². The number of hydrogen-bond donors (Lipinski definition) is 0. The molecule has 0 spiro atoms. The number of allylic oxidation sites excluding steroid dienone is 2. The van der Waals surface area contributed by atoms with Gasteiger partial charge in [-0.3, -0.25) is 14.6 Å². The number of hydrogen-bond acceptors (Lipinski definition) is 7. The number of benzene rings is 6. The first-order valence-electron chi connectivity index (χ1n) is 23.9. The molecule has 4 aliphatic rings. The van der Waals surface area contributed by atoms with Crippen LogP contribution in [0.15, 0.2) is 133 Å². The van der Waals surface area contributed by atoms with Gasteiger partial charge in [-0.15, -0.1) is 0 Å². The van der Waals surface area contributed by atoms with Gasteiger partial charge in [0, 0.05) is 37.3 Å². The molecule has 2 unspecified atom stereocenters. The maximum Gasteiger partial charge on any atom is 0.194 e. The molecule has 2 saturated heterocycles. The van der Waals surface area contributed by atoms with E-state index in [4.69, 9.17) is 18.9 Å². The Morgan fingerprint density at radius 1 is 0.455 bits per heavy atom. The van der Waals surface area contributed by atoms with Crippen LogP contribution in [-0.4, -0.2) is 68.4 Å². The molecule has 2 heterocycles. The molecule has 6 aromatic rings. The maximum absolute atomic E-state index is 16.2. The van der Waals surface area contributed by atoms with Crippen molar-refractivity contribution in [3.63, 3.8) is 0 Å². The number of likely N-dealkylation sites (tertiary alicyclic amines) is 2. The molecule has 0 aromatic heterocycles. The fourth-order valence-electron chi connectivity index (χ4n) is 10.7. The summed E-state index contributed by atoms with van der Waals surface area (Å²) in [5.74, 6) is 3.06. The van der Waals surface area contributed by atoms with Crippen molar-refractivity contribution in [3.8, 4) is 23.0 Å². The predicted molar refractivity (Wildman–Crippen MR) is 265 cm³/mol. The Morgan fingerprint density at radius 2 is 0.833 bits per heavy atom. The minimum Gasteiger partial charge on any atom is -0.497 e. The van der Waals surface area contributed by atoms with Crippen LogP contribution in [-0.2, 0) is 12.8 Å². The van der Waals surface area contributed by atoms with Crippen molar-refractivity contribution in [1.29, 1.82) is 0 Å². The number of rotatable bonds is 14. The Balaban J connectivity index is 1.19. The first-order chi connectivity index (χ1) is 32.4. The van der Waals surface area contributed by atoms with E-state index in [0.29, 0.717) is 11.1 Å². The molecule has 6 aromatic carbocycles. The van der Waals surface area contributed by atoms with Crippen LogP contribution in [0.5, 0.6) is 23.0 Å². The van der Waals surface area contributed by atoms with Crippen LogP contribution in [0.1, 0.15) is 113 Å². The quantitative estimate of drug-likeness (QED) is 0.101. The van der Waals surface area contributed by atoms with Gasteiger partial charge in [0.05, 0.1) is 14.2 Å². The fraction of sp³-hybridized carbons (Fsp3) is 0.305. The molecule has 2 aliphatic heterocycles. The normalized spacial score (nSPS) is 17.3. The summed E-state index contributed by atoms with van der Waals surface area (Å²) < 4.78 is 24.8. The van der Waals surface area contributed by atoms with Crippen molar-refractivity contribution >= 4 is 28.1 Å². The Bertz CT molecular complexity index is 2600. The average Bonchev–Trinajstić information content (AvgIpc) is 4.13. The molecule has 2 fully saturated rings. The zero-order chi connectivity index (χ0) is 45.1. The number of nitrogens with zero attached hydrogens (tertiary/aromatic N) is 2. The predicted octanol–water partition coefficient (Wildman–Crippen LogP) is 12.4. The molecule has 0 amide bonds. The number of fused-ring (bicyclic) bond motifs is 2. The molecule has 7 nitrogen and oxygen atoms in total. The largest absolute Gasteiger partial charge is 0.497 e. The first kappa shape index (κ1) is 43.5. The lowest BCUT2D eigenvalue weighted by molar-refractivity contribution is 0.0590. The van der Waals surface area contributed by atoms with Gasteiger partial charge < -0.3 is 18.9 Å². The standard InChI is InChI=1S/C59H60N2O5/c1-39(60-33-9-10-34-60)65-47-27-31-53(55(37-47)57-49-15-7-5-13-41(49)21-29-51(57)43-17-23-45(63-3)24-18-43)59(62)54-32-28-48(66-40(2)61-35-11-12-36-61)38-56(54)58-50-16-8-6-14-42(50)22-30-52(58)44-19-25-46(64-4)26-20-44/h5-8,13-20,23-28,31-32,37-40H,9-12,21-22,29-30,33-36H2,1-4H3. The molecule has 336 valence electrons. The molecule has 7 heteroatoms. The highest BCUT2D eigenvalue weighted by Crippen LogP contribution is 2.46. The molecule has 10 rings (SSSR count). The number of aryl methyl sites for hydroxylation is 2. The second-order valence-corrected chi connectivity index (χ2v) is 18.1. The summed E-state index contributed by atoms with van der Waals surface area (Å²) in [5.41, 5.74) is 14.5. The summed E-state index contributed by atoms with van der Waals surface area (Å²) in [6.07, 6.45) is 7.92. The lowest BCUT2D eigenvalue weighted by Crippen LogP contribution is -2.34. The van der Waals surface area contributed by atoms with Gasteiger partial charge >= 0.3 is 0 Å². The van der Waals surface area contributed by atoms with Crippen molar-refractivity contribution in [1.82, 2.24) is 9.80 Å². The van der Waals surface area contributed by atoms with E-state index < -0.39 is 0 Å². The third-order valence-corrected chi connectivity index (χ3v) is 14.3. The van der Waals surface area contributed by atoms with Crippen LogP contribution < -0.4 is 18.9 Å². The molecule has 0 radical (unpaired) electrons. The Morgan fingerprint density at radius 3 is 1.23 bits per heavy atom. The fourth-order valence-corrected chi connectivity index (χ4v) is 10.7. The monoisotopic (exact) mass is 876 g/mol. The van der Waals surface area contributed by atoms with Crippen LogP contribution in [0.4, 0.5) is 0 Å². The molecular weight excluding hydrogens is 817 g/mol. The highest BCUT2D eigenvalue weighted by atomic mass is 16.5. The molecule has 0 N–H and O–H groups in total. The Kier molecular flexibility index (Phi) is 12.7. The number of methoxy groups -OCH3 is 2. The summed E-state index contributed by atoms with van der Waals surface area (Å²) in [4.78, 5) is 21.0. The van der Waals surface area contributed by atoms with E-state index in [9.17, 15) is 0 Å². The SMILES string of the molecule is COc1ccc(C2=C(c3cc(OC(C)N4CCCC4)ccc3C(=O)c3ccc(OC(C)N4CCCC4)cc3C3=C(c4ccc(OC)cc4)CCc4ccccc43)c3ccccc3CC2)cc1. The lowest BCUT2D eigenvalue weighted by atomic mass is 9.76. The van der Waals surface area contributed by atoms with Crippen LogP contribution in [0, 0.1) is 0 Å². The molecule has 0 saturated carbocycles. The maximum atomic E-state index is 16.2. The molecule has 2 aliphatic carbocycles. The smallest absolute Gasteiger partial charge is 0.194 e. The van der Waals surface area contributed by atoms with E-state index in [1.165, 1.54) is 48.0 Å². The van der Waals surface area contributed by atoms with E-state index >= 15 is 4.79 Å². The number of ketones is 1. The highest BCUT2D eigenvalue weighted by Gasteiger charge is 2.31. The summed E-state index contributed by atoms with van der Waals surface area (Å²) >= 11 is 0. The van der Waals surface area contributed by atoms with Gasteiger partial charge in [0.15, 0.2) is 5.78 Å². The van der Waals surface area contributed by atoms with Crippen molar-refractivity contribution in [3.05, 3.63) is 189 Å². The summed E-state index contributed by atoms with van der Waals surface area (Å²) in [7, 11) is 3.40. The average molecular weight is 877 g/mol. The Labute approximate surface area is 390 Å². The van der Waals surface area contributed by atoms with Gasteiger partial charge in [-0.05, 0) is 193 Å². The highest BCUT2D eigenvalue weighted by molar-refractivity contribution is 6.18. The van der Waals surface area contributed by atoms with Gasteiger partial charge in [0.2, 0.25) is 0 Å². The second-order valence-electron chi connectivity index (χ2n) is 18.1. The first-order valence-corrected chi connectivity index (χ1v) is 23.9. The van der Waals surface area contributed by atoms with Crippen molar-refractivity contribution in [2.45, 2.75) is 77.7 Å². The van der Waals surface area contributed by atoms with Crippen molar-refractivity contribution in [2.75, 3.05) is 40.4 Å². The number of ether oxygens (including phenoxy) is 4. The molecule has 2 atom stereocenters. The zero-order valence-electron chi connectivity index (χ0n) is 38.8. The third kappa shape index (κ3) is 8.70. The van der Waals surface area contributed by atoms with Gasteiger partial charge in [-0.2, -0.15) is 0 Å². The Hall–Kier alpha value is -6.41. The summed E-state index contributed by atoms with van der Waals surface area (Å²) in [5, 5.41) is 0. The van der Waals surface area contributed by atoms with E-state index in [1.807, 2.05) is 48.5 Å². The molecule has 0 bridgehead atoms. The minimum absolute atomic E-state index is 0.0486. The minimum atomic E-state index is -0.104. The summed E-state index contributed by atoms with van der Waals surface area (Å²) in [6.45, 7) is 8.34. The van der Waals surface area contributed by atoms with E-state index in [-0.39, 0.29) is 18.2 Å². The van der Waals surface area contributed by atoms with Gasteiger partial charge in [0.1, 0.15) is 35.5 Å². The van der Waals surface area contributed by atoms with E-state index in [1.54, 1.807) is 14.2 Å². The van der Waals surface area contributed by atoms with E-state index in [0.717, 1.165) is 119 Å². The summed E-state index contributed by atoms with van der Waals surface area (Å²) in [6, 6.07) is 46.3. The molecular formula is C59H60N2O5. The molecule has 66 heavy (non-hydrogen) atoms. The second kappa shape index (κ2) is 19.2. The van der Waals surface area contributed by atoms with Crippen molar-refractivity contribution < 1.29 is 23.7 Å². The van der Waals surface area contributed by atoms with Crippen LogP contribution in [0.25, 0.3) is 22.3 Å². The van der Waals surface area contributed by atoms with E-state index in [2.05, 4.69) is 109 Å². The number of carbonyl (C=O) groups is 1. The third-order valence-electron chi connectivity index (χ3n) is 14.3. The van der Waals surface area contributed by atoms with Gasteiger partial charge in [0.25, 0.3) is 0 Å². The van der Waals surface area contributed by atoms with Gasteiger partial charge in [-0.25, -0.2) is 0 Å².